The first kappa shape index (κ1) is 17.8. The Kier molecular flexibility index (Phi) is 6.31. The van der Waals surface area contributed by atoms with E-state index in [0.29, 0.717) is 6.04 Å². The lowest BCUT2D eigenvalue weighted by Crippen LogP contribution is -2.50. The molecule has 0 aromatic heterocycles. The Balaban J connectivity index is 1.49. The van der Waals surface area contributed by atoms with Gasteiger partial charge in [0.25, 0.3) is 0 Å². The lowest BCUT2D eigenvalue weighted by Gasteiger charge is -2.34. The molecule has 2 aromatic rings. The molecule has 3 rings (SSSR count). The second-order valence-corrected chi connectivity index (χ2v) is 6.74. The number of piperazine rings is 1. The van der Waals surface area contributed by atoms with Gasteiger partial charge in [0, 0.05) is 38.8 Å². The van der Waals surface area contributed by atoms with Crippen LogP contribution in [0.3, 0.4) is 0 Å². The van der Waals surface area contributed by atoms with E-state index in [2.05, 4.69) is 58.9 Å². The fourth-order valence-electron chi connectivity index (χ4n) is 3.48. The number of methoxy groups -OCH3 is 1. The number of ether oxygens (including phenoxy) is 1. The van der Waals surface area contributed by atoms with Gasteiger partial charge in [-0.2, -0.15) is 0 Å². The minimum Gasteiger partial charge on any atom is -0.495 e. The number of rotatable bonds is 7. The van der Waals surface area contributed by atoms with Gasteiger partial charge in [0.1, 0.15) is 5.75 Å². The van der Waals surface area contributed by atoms with Crippen LogP contribution >= 0.6 is 0 Å². The fourth-order valence-corrected chi connectivity index (χ4v) is 3.48. The number of anilines is 1. The monoisotopic (exact) mass is 339 g/mol. The van der Waals surface area contributed by atoms with Crippen LogP contribution in [0, 0.1) is 6.92 Å². The molecule has 2 aromatic carbocycles. The lowest BCUT2D eigenvalue weighted by molar-refractivity contribution is 0.189. The zero-order valence-electron chi connectivity index (χ0n) is 15.3. The van der Waals surface area contributed by atoms with Gasteiger partial charge in [0.15, 0.2) is 0 Å². The Bertz CT molecular complexity index is 659. The summed E-state index contributed by atoms with van der Waals surface area (Å²) in [5.74, 6) is 0.919. The van der Waals surface area contributed by atoms with Crippen molar-refractivity contribution in [1.82, 2.24) is 10.2 Å². The molecule has 4 heteroatoms. The van der Waals surface area contributed by atoms with Crippen LogP contribution in [0.1, 0.15) is 17.5 Å². The molecule has 0 radical (unpaired) electrons. The summed E-state index contributed by atoms with van der Waals surface area (Å²) in [7, 11) is 1.73. The Labute approximate surface area is 151 Å². The van der Waals surface area contributed by atoms with Crippen LogP contribution < -0.4 is 15.4 Å². The summed E-state index contributed by atoms with van der Waals surface area (Å²) in [5.41, 5.74) is 3.73. The smallest absolute Gasteiger partial charge is 0.142 e. The standard InChI is InChI=1S/C21H29N3O/c1-17-7-6-10-20(25-2)21(17)23-12-11-19-16-24(14-13-22-19)15-18-8-4-3-5-9-18/h3-10,19,22-23H,11-16H2,1-2H3. The molecule has 0 amide bonds. The Morgan fingerprint density at radius 1 is 1.16 bits per heavy atom. The van der Waals surface area contributed by atoms with E-state index in [9.17, 15) is 0 Å². The van der Waals surface area contributed by atoms with Crippen LogP contribution in [0.25, 0.3) is 0 Å². The van der Waals surface area contributed by atoms with Crippen molar-refractivity contribution in [2.45, 2.75) is 25.9 Å². The summed E-state index contributed by atoms with van der Waals surface area (Å²) in [4.78, 5) is 2.55. The molecule has 1 aliphatic rings. The molecule has 0 bridgehead atoms. The van der Waals surface area contributed by atoms with Crippen LogP contribution in [0.5, 0.6) is 5.75 Å². The largest absolute Gasteiger partial charge is 0.495 e. The molecular formula is C21H29N3O. The van der Waals surface area contributed by atoms with Crippen molar-refractivity contribution in [3.63, 3.8) is 0 Å². The quantitative estimate of drug-likeness (QED) is 0.812. The van der Waals surface area contributed by atoms with E-state index >= 15 is 0 Å². The van der Waals surface area contributed by atoms with E-state index in [0.717, 1.165) is 50.6 Å². The van der Waals surface area contributed by atoms with Crippen LogP contribution in [-0.2, 0) is 6.54 Å². The van der Waals surface area contributed by atoms with Gasteiger partial charge in [-0.3, -0.25) is 4.90 Å². The SMILES string of the molecule is COc1cccc(C)c1NCCC1CN(Cc2ccccc2)CCN1. The molecule has 1 heterocycles. The van der Waals surface area contributed by atoms with Crippen LogP contribution in [0.2, 0.25) is 0 Å². The third kappa shape index (κ3) is 4.97. The van der Waals surface area contributed by atoms with Gasteiger partial charge >= 0.3 is 0 Å². The molecule has 134 valence electrons. The summed E-state index contributed by atoms with van der Waals surface area (Å²) in [6.45, 7) is 7.37. The molecule has 0 spiro atoms. The van der Waals surface area contributed by atoms with Gasteiger partial charge in [0.05, 0.1) is 12.8 Å². The molecule has 1 atom stereocenters. The maximum Gasteiger partial charge on any atom is 0.142 e. The van der Waals surface area contributed by atoms with E-state index in [1.165, 1.54) is 11.1 Å². The second-order valence-electron chi connectivity index (χ2n) is 6.74. The zero-order chi connectivity index (χ0) is 17.5. The highest BCUT2D eigenvalue weighted by molar-refractivity contribution is 5.61. The zero-order valence-corrected chi connectivity index (χ0v) is 15.3. The summed E-state index contributed by atoms with van der Waals surface area (Å²) in [6.07, 6.45) is 1.10. The summed E-state index contributed by atoms with van der Waals surface area (Å²) in [6, 6.07) is 17.4. The third-order valence-corrected chi connectivity index (χ3v) is 4.84. The molecule has 1 unspecified atom stereocenters. The van der Waals surface area contributed by atoms with Crippen LogP contribution in [0.15, 0.2) is 48.5 Å². The van der Waals surface area contributed by atoms with E-state index in [1.54, 1.807) is 7.11 Å². The number of hydrogen-bond acceptors (Lipinski definition) is 4. The highest BCUT2D eigenvalue weighted by Gasteiger charge is 2.19. The van der Waals surface area contributed by atoms with Gasteiger partial charge in [0.2, 0.25) is 0 Å². The minimum absolute atomic E-state index is 0.528. The van der Waals surface area contributed by atoms with Crippen molar-refractivity contribution >= 4 is 5.69 Å². The van der Waals surface area contributed by atoms with Crippen molar-refractivity contribution in [2.75, 3.05) is 38.6 Å². The summed E-state index contributed by atoms with van der Waals surface area (Å²) < 4.78 is 5.47. The van der Waals surface area contributed by atoms with Gasteiger partial charge < -0.3 is 15.4 Å². The summed E-state index contributed by atoms with van der Waals surface area (Å²) >= 11 is 0. The number of hydrogen-bond donors (Lipinski definition) is 2. The summed E-state index contributed by atoms with van der Waals surface area (Å²) in [5, 5.41) is 7.21. The average Bonchev–Trinajstić information content (AvgIpc) is 2.64. The Hall–Kier alpha value is -2.04. The third-order valence-electron chi connectivity index (χ3n) is 4.84. The molecule has 25 heavy (non-hydrogen) atoms. The molecule has 2 N–H and O–H groups in total. The van der Waals surface area contributed by atoms with Crippen LogP contribution in [0.4, 0.5) is 5.69 Å². The fraction of sp³-hybridized carbons (Fsp3) is 0.429. The number of nitrogens with zero attached hydrogens (tertiary/aromatic N) is 1. The number of benzene rings is 2. The number of para-hydroxylation sites is 1. The second kappa shape index (κ2) is 8.88. The van der Waals surface area contributed by atoms with Crippen molar-refractivity contribution < 1.29 is 4.74 Å². The topological polar surface area (TPSA) is 36.5 Å². The Morgan fingerprint density at radius 2 is 2.00 bits per heavy atom. The van der Waals surface area contributed by atoms with Gasteiger partial charge in [-0.05, 0) is 30.5 Å². The van der Waals surface area contributed by atoms with Crippen molar-refractivity contribution in [3.05, 3.63) is 59.7 Å². The van der Waals surface area contributed by atoms with E-state index in [4.69, 9.17) is 4.74 Å². The molecule has 1 aliphatic heterocycles. The van der Waals surface area contributed by atoms with Crippen LogP contribution in [-0.4, -0.2) is 44.2 Å². The molecular weight excluding hydrogens is 310 g/mol. The molecule has 0 aliphatic carbocycles. The maximum atomic E-state index is 5.47. The van der Waals surface area contributed by atoms with Crippen molar-refractivity contribution in [3.8, 4) is 5.75 Å². The minimum atomic E-state index is 0.528. The first-order valence-corrected chi connectivity index (χ1v) is 9.13. The molecule has 0 saturated carbocycles. The molecule has 1 fully saturated rings. The van der Waals surface area contributed by atoms with E-state index < -0.39 is 0 Å². The molecule has 4 nitrogen and oxygen atoms in total. The first-order chi connectivity index (χ1) is 12.3. The van der Waals surface area contributed by atoms with Crippen molar-refractivity contribution in [1.29, 1.82) is 0 Å². The first-order valence-electron chi connectivity index (χ1n) is 9.13. The van der Waals surface area contributed by atoms with Gasteiger partial charge in [-0.25, -0.2) is 0 Å². The van der Waals surface area contributed by atoms with Crippen molar-refractivity contribution in [2.24, 2.45) is 0 Å². The van der Waals surface area contributed by atoms with Gasteiger partial charge in [-0.15, -0.1) is 0 Å². The van der Waals surface area contributed by atoms with Gasteiger partial charge in [-0.1, -0.05) is 42.5 Å². The molecule has 1 saturated heterocycles. The maximum absolute atomic E-state index is 5.47. The highest BCUT2D eigenvalue weighted by Crippen LogP contribution is 2.27. The number of nitrogens with one attached hydrogen (secondary N) is 2. The lowest BCUT2D eigenvalue weighted by atomic mass is 10.1. The predicted octanol–water partition coefficient (Wildman–Crippen LogP) is 3.28. The van der Waals surface area contributed by atoms with E-state index in [1.807, 2.05) is 12.1 Å². The predicted molar refractivity (Wildman–Crippen MR) is 104 cm³/mol. The highest BCUT2D eigenvalue weighted by atomic mass is 16.5. The number of aryl methyl sites for hydroxylation is 1. The normalized spacial score (nSPS) is 18.1. The Morgan fingerprint density at radius 3 is 2.80 bits per heavy atom. The van der Waals surface area contributed by atoms with E-state index in [-0.39, 0.29) is 0 Å². The average molecular weight is 339 g/mol.